The second kappa shape index (κ2) is 19.3. The number of hydrogen-bond acceptors (Lipinski definition) is 9. The molecule has 1 fully saturated rings. The van der Waals surface area contributed by atoms with E-state index in [1.165, 1.54) is 6.92 Å². The largest absolute Gasteiger partial charge is 0.456 e. The molecule has 3 aromatic carbocycles. The Morgan fingerprint density at radius 3 is 1.79 bits per heavy atom. The lowest BCUT2D eigenvalue weighted by Crippen LogP contribution is -2.47. The van der Waals surface area contributed by atoms with Gasteiger partial charge in [-0.3, -0.25) is 4.79 Å². The number of ketones is 1. The van der Waals surface area contributed by atoms with Crippen molar-refractivity contribution in [2.24, 2.45) is 0 Å². The van der Waals surface area contributed by atoms with E-state index in [0.29, 0.717) is 6.42 Å². The first kappa shape index (κ1) is 36.3. The third-order valence-corrected chi connectivity index (χ3v) is 7.84. The average Bonchev–Trinajstić information content (AvgIpc) is 3.40. The number of hydrogen-bond donors (Lipinski definition) is 1. The maximum Gasteiger partial charge on any atom is 0.306 e. The molecule has 1 heterocycles. The summed E-state index contributed by atoms with van der Waals surface area (Å²) >= 11 is 0. The molecular formula is C37H45FO9. The number of aliphatic hydroxyl groups excluding tert-OH is 1. The van der Waals surface area contributed by atoms with Crippen molar-refractivity contribution in [2.45, 2.75) is 95.9 Å². The van der Waals surface area contributed by atoms with Gasteiger partial charge in [0.1, 0.15) is 30.2 Å². The maximum absolute atomic E-state index is 15.7. The Balaban J connectivity index is 1.52. The molecule has 7 atom stereocenters. The van der Waals surface area contributed by atoms with Gasteiger partial charge in [-0.05, 0) is 30.0 Å². The zero-order chi connectivity index (χ0) is 33.4. The maximum atomic E-state index is 15.7. The van der Waals surface area contributed by atoms with Crippen LogP contribution in [0.4, 0.5) is 4.39 Å². The van der Waals surface area contributed by atoms with E-state index in [-0.39, 0.29) is 51.7 Å². The average molecular weight is 653 g/mol. The van der Waals surface area contributed by atoms with E-state index >= 15 is 4.39 Å². The van der Waals surface area contributed by atoms with Crippen molar-refractivity contribution >= 4 is 11.8 Å². The highest BCUT2D eigenvalue weighted by atomic mass is 19.1. The van der Waals surface area contributed by atoms with E-state index in [0.717, 1.165) is 16.7 Å². The first-order chi connectivity index (χ1) is 22.9. The van der Waals surface area contributed by atoms with Gasteiger partial charge in [0.05, 0.1) is 39.5 Å². The van der Waals surface area contributed by atoms with E-state index in [9.17, 15) is 14.7 Å². The second-order valence-corrected chi connectivity index (χ2v) is 11.5. The molecule has 4 unspecified atom stereocenters. The Morgan fingerprint density at radius 2 is 1.30 bits per heavy atom. The predicted octanol–water partition coefficient (Wildman–Crippen LogP) is 5.51. The summed E-state index contributed by atoms with van der Waals surface area (Å²) < 4.78 is 52.0. The highest BCUT2D eigenvalue weighted by Crippen LogP contribution is 2.31. The van der Waals surface area contributed by atoms with Crippen LogP contribution in [0.15, 0.2) is 91.0 Å². The number of esters is 1. The number of rotatable bonds is 20. The van der Waals surface area contributed by atoms with Gasteiger partial charge in [0.2, 0.25) is 0 Å². The first-order valence-corrected chi connectivity index (χ1v) is 16.0. The molecule has 1 N–H and O–H groups in total. The van der Waals surface area contributed by atoms with E-state index < -0.39 is 49.0 Å². The normalized spacial score (nSPS) is 21.2. The molecule has 254 valence electrons. The van der Waals surface area contributed by atoms with E-state index in [4.69, 9.17) is 28.4 Å². The molecule has 3 aromatic rings. The van der Waals surface area contributed by atoms with Crippen molar-refractivity contribution in [3.63, 3.8) is 0 Å². The Labute approximate surface area is 275 Å². The Morgan fingerprint density at radius 1 is 0.787 bits per heavy atom. The number of aliphatic hydroxyl groups is 1. The molecule has 1 saturated heterocycles. The van der Waals surface area contributed by atoms with Crippen LogP contribution in [0.5, 0.6) is 0 Å². The summed E-state index contributed by atoms with van der Waals surface area (Å²) in [7, 11) is 0. The van der Waals surface area contributed by atoms with Gasteiger partial charge in [0, 0.05) is 6.42 Å². The van der Waals surface area contributed by atoms with Gasteiger partial charge in [0.25, 0.3) is 0 Å². The minimum Gasteiger partial charge on any atom is -0.456 e. The molecule has 4 rings (SSSR count). The zero-order valence-corrected chi connectivity index (χ0v) is 26.9. The highest BCUT2D eigenvalue weighted by Gasteiger charge is 2.48. The molecular weight excluding hydrogens is 607 g/mol. The number of ether oxygens (including phenoxy) is 6. The molecule has 1 aliphatic rings. The summed E-state index contributed by atoms with van der Waals surface area (Å²) in [6, 6.07) is 28.7. The molecule has 0 amide bonds. The summed E-state index contributed by atoms with van der Waals surface area (Å²) in [4.78, 5) is 23.6. The minimum absolute atomic E-state index is 0.0171. The summed E-state index contributed by atoms with van der Waals surface area (Å²) in [5.41, 5.74) is 2.72. The third kappa shape index (κ3) is 11.6. The topological polar surface area (TPSA) is 110 Å². The van der Waals surface area contributed by atoms with Crippen LogP contribution in [-0.4, -0.2) is 73.1 Å². The number of Topliss-reactive ketones (excluding diaryl/α,β-unsaturated/α-hetero) is 1. The Bertz CT molecular complexity index is 1330. The fraction of sp³-hybridized carbons (Fsp3) is 0.459. The van der Waals surface area contributed by atoms with Crippen LogP contribution in [0.2, 0.25) is 0 Å². The number of carbonyl (C=O) groups is 2. The van der Waals surface area contributed by atoms with Gasteiger partial charge >= 0.3 is 5.97 Å². The van der Waals surface area contributed by atoms with Crippen LogP contribution in [0.1, 0.15) is 49.8 Å². The van der Waals surface area contributed by atoms with Gasteiger partial charge in [-0.25, -0.2) is 4.39 Å². The van der Waals surface area contributed by atoms with Crippen molar-refractivity contribution in [2.75, 3.05) is 13.2 Å². The predicted molar refractivity (Wildman–Crippen MR) is 172 cm³/mol. The molecule has 0 aliphatic carbocycles. The SMILES string of the molecule is CC[C@H]1O[C@@H](OCC(OCc2ccccc2)C(OCc2ccccc2)C(CO)OCc2ccccc2)[C@@H](F)C1OC(=O)CCC(C)=O. The van der Waals surface area contributed by atoms with Crippen LogP contribution in [0, 0.1) is 0 Å². The smallest absolute Gasteiger partial charge is 0.306 e. The number of benzene rings is 3. The van der Waals surface area contributed by atoms with E-state index in [2.05, 4.69) is 0 Å². The zero-order valence-electron chi connectivity index (χ0n) is 26.9. The quantitative estimate of drug-likeness (QED) is 0.158. The number of alkyl halides is 1. The molecule has 1 aliphatic heterocycles. The lowest BCUT2D eigenvalue weighted by Gasteiger charge is -2.33. The van der Waals surface area contributed by atoms with Gasteiger partial charge in [-0.2, -0.15) is 0 Å². The van der Waals surface area contributed by atoms with E-state index in [1.54, 1.807) is 6.92 Å². The lowest BCUT2D eigenvalue weighted by atomic mass is 10.1. The third-order valence-electron chi connectivity index (χ3n) is 7.84. The molecule has 10 heteroatoms. The highest BCUT2D eigenvalue weighted by molar-refractivity contribution is 5.81. The van der Waals surface area contributed by atoms with Crippen molar-refractivity contribution in [1.29, 1.82) is 0 Å². The summed E-state index contributed by atoms with van der Waals surface area (Å²) in [5.74, 6) is -0.829. The van der Waals surface area contributed by atoms with Gasteiger partial charge in [-0.1, -0.05) is 97.9 Å². The van der Waals surface area contributed by atoms with Crippen LogP contribution in [0.25, 0.3) is 0 Å². The van der Waals surface area contributed by atoms with Crippen molar-refractivity contribution in [3.8, 4) is 0 Å². The number of halogens is 1. The van der Waals surface area contributed by atoms with Crippen molar-refractivity contribution in [1.82, 2.24) is 0 Å². The van der Waals surface area contributed by atoms with E-state index in [1.807, 2.05) is 91.0 Å². The van der Waals surface area contributed by atoms with Gasteiger partial charge in [0.15, 0.2) is 18.6 Å². The molecule has 0 aromatic heterocycles. The monoisotopic (exact) mass is 652 g/mol. The first-order valence-electron chi connectivity index (χ1n) is 16.0. The summed E-state index contributed by atoms with van der Waals surface area (Å²) in [6.07, 6.45) is -7.28. The van der Waals surface area contributed by atoms with Crippen LogP contribution in [-0.2, 0) is 57.8 Å². The van der Waals surface area contributed by atoms with Crippen molar-refractivity contribution < 1.29 is 47.5 Å². The lowest BCUT2D eigenvalue weighted by molar-refractivity contribution is -0.209. The Kier molecular flexibility index (Phi) is 15.0. The van der Waals surface area contributed by atoms with Crippen molar-refractivity contribution in [3.05, 3.63) is 108 Å². The molecule has 0 spiro atoms. The fourth-order valence-corrected chi connectivity index (χ4v) is 5.23. The van der Waals surface area contributed by atoms with Gasteiger partial charge < -0.3 is 38.3 Å². The van der Waals surface area contributed by atoms with Gasteiger partial charge in [-0.15, -0.1) is 0 Å². The molecule has 9 nitrogen and oxygen atoms in total. The van der Waals surface area contributed by atoms with Crippen LogP contribution in [0.3, 0.4) is 0 Å². The Hall–Kier alpha value is -3.51. The minimum atomic E-state index is -1.78. The molecule has 0 saturated carbocycles. The van der Waals surface area contributed by atoms with Crippen LogP contribution >= 0.6 is 0 Å². The second-order valence-electron chi connectivity index (χ2n) is 11.5. The molecule has 47 heavy (non-hydrogen) atoms. The number of carbonyl (C=O) groups excluding carboxylic acids is 2. The standard InChI is InChI=1S/C37H45FO9/c1-3-30-36(47-33(41)20-19-26(2)40)34(38)37(46-30)45-25-32(43-23-28-15-9-5-10-16-28)35(44-24-29-17-11-6-12-18-29)31(21-39)42-22-27-13-7-4-8-14-27/h4-18,30-32,34-37,39H,3,19-25H2,1-2H3/t30-,31?,32?,34+,35?,36?,37-/m1/s1. The summed E-state index contributed by atoms with van der Waals surface area (Å²) in [6.45, 7) is 3.23. The summed E-state index contributed by atoms with van der Waals surface area (Å²) in [5, 5.41) is 10.5. The molecule has 0 bridgehead atoms. The van der Waals surface area contributed by atoms with Crippen LogP contribution < -0.4 is 0 Å². The molecule has 0 radical (unpaired) electrons. The fourth-order valence-electron chi connectivity index (χ4n) is 5.23.